The summed E-state index contributed by atoms with van der Waals surface area (Å²) in [4.78, 5) is 80.7. The molecule has 0 saturated carbocycles. The first-order valence-electron chi connectivity index (χ1n) is 24.1. The van der Waals surface area contributed by atoms with Crippen molar-refractivity contribution in [3.05, 3.63) is 94.6 Å². The van der Waals surface area contributed by atoms with Crippen LogP contribution in [0.3, 0.4) is 0 Å². The molecule has 5 amide bonds. The molecule has 388 valence electrons. The lowest BCUT2D eigenvalue weighted by atomic mass is 10.1. The number of aryl methyl sites for hydroxylation is 4. The maximum atomic E-state index is 13.9. The number of carbonyl (C=O) groups is 5. The Kier molecular flexibility index (Phi) is 17.0. The molecule has 0 spiro atoms. The zero-order valence-electron chi connectivity index (χ0n) is 42.7. The second-order valence-corrected chi connectivity index (χ2v) is 18.0. The Hall–Kier alpha value is -8.05. The summed E-state index contributed by atoms with van der Waals surface area (Å²) in [6.45, 7) is 12.2. The number of rotatable bonds is 22. The number of anilines is 2. The van der Waals surface area contributed by atoms with E-state index in [0.29, 0.717) is 82.5 Å². The Morgan fingerprint density at radius 3 is 1.67 bits per heavy atom. The normalized spacial score (nSPS) is 13.4. The molecule has 6 aromatic rings. The third kappa shape index (κ3) is 12.5. The topological polar surface area (TPSA) is 270 Å². The van der Waals surface area contributed by atoms with Gasteiger partial charge in [-0.05, 0) is 91.0 Å². The number of carbonyl (C=O) groups excluding carboxylic acids is 5. The Labute approximate surface area is 422 Å². The van der Waals surface area contributed by atoms with E-state index in [0.717, 1.165) is 32.5 Å². The first kappa shape index (κ1) is 52.8. The van der Waals surface area contributed by atoms with Crippen LogP contribution in [0.1, 0.15) is 79.8 Å². The fourth-order valence-corrected chi connectivity index (χ4v) is 8.50. The van der Waals surface area contributed by atoms with E-state index >= 15 is 0 Å². The van der Waals surface area contributed by atoms with Crippen molar-refractivity contribution >= 4 is 63.7 Å². The molecule has 2 aromatic carbocycles. The molecular weight excluding hydrogens is 939 g/mol. The molecule has 7 rings (SSSR count). The summed E-state index contributed by atoms with van der Waals surface area (Å²) in [5, 5.41) is 14.7. The van der Waals surface area contributed by atoms with E-state index in [-0.39, 0.29) is 54.9 Å². The number of likely N-dealkylation sites (N-methyl/N-ethyl adjacent to an activating group) is 2. The lowest BCUT2D eigenvalue weighted by Gasteiger charge is -2.32. The monoisotopic (exact) mass is 1000 g/mol. The number of hydrogen-bond acceptors (Lipinski definition) is 14. The van der Waals surface area contributed by atoms with Crippen LogP contribution in [-0.4, -0.2) is 157 Å². The van der Waals surface area contributed by atoms with Crippen LogP contribution in [0.25, 0.3) is 22.1 Å². The number of nitrogens with one attached hydrogen (secondary N) is 2. The maximum absolute atomic E-state index is 13.9. The number of piperidine rings is 1. The van der Waals surface area contributed by atoms with Crippen LogP contribution in [0.5, 0.6) is 11.5 Å². The van der Waals surface area contributed by atoms with E-state index in [2.05, 4.69) is 25.7 Å². The average Bonchev–Trinajstić information content (AvgIpc) is 4.13. The van der Waals surface area contributed by atoms with Crippen LogP contribution < -0.4 is 31.6 Å². The molecule has 0 unspecified atom stereocenters. The third-order valence-electron chi connectivity index (χ3n) is 12.3. The number of primary amides is 2. The number of ether oxygens (including phenoxy) is 3. The fourth-order valence-electron chi connectivity index (χ4n) is 8.50. The van der Waals surface area contributed by atoms with E-state index in [1.165, 1.54) is 19.2 Å². The SMILES string of the molecule is CCn1nc(C)cc1C(=O)Nc1nc2cc(C(N)=O)cc(OC)c2n1C/C=C/Cn1c(NC(=O)c2cc(C)nn2CC)nc2cc(C(N)=O)cc(OC/C=C/CN3CCC(OC(=O)N(C)CCN(C)C)CC3)c21. The summed E-state index contributed by atoms with van der Waals surface area (Å²) in [7, 11) is 7.13. The van der Waals surface area contributed by atoms with E-state index in [4.69, 9.17) is 35.6 Å². The van der Waals surface area contributed by atoms with Gasteiger partial charge < -0.3 is 44.6 Å². The zero-order valence-corrected chi connectivity index (χ0v) is 42.7. The molecule has 6 N–H and O–H groups in total. The molecule has 1 fully saturated rings. The van der Waals surface area contributed by atoms with Gasteiger partial charge in [-0.25, -0.2) is 14.8 Å². The van der Waals surface area contributed by atoms with E-state index < -0.39 is 23.6 Å². The number of amides is 5. The quantitative estimate of drug-likeness (QED) is 0.0686. The number of likely N-dealkylation sites (tertiary alicyclic amines) is 1. The Morgan fingerprint density at radius 1 is 0.699 bits per heavy atom. The van der Waals surface area contributed by atoms with Gasteiger partial charge in [0.15, 0.2) is 0 Å². The predicted octanol–water partition coefficient (Wildman–Crippen LogP) is 4.43. The summed E-state index contributed by atoms with van der Waals surface area (Å²) in [5.74, 6) is -1.34. The van der Waals surface area contributed by atoms with Crippen LogP contribution in [-0.2, 0) is 30.9 Å². The highest BCUT2D eigenvalue weighted by atomic mass is 16.6. The smallest absolute Gasteiger partial charge is 0.409 e. The van der Waals surface area contributed by atoms with Crippen molar-refractivity contribution in [2.24, 2.45) is 11.5 Å². The number of benzene rings is 2. The molecule has 0 bridgehead atoms. The first-order valence-corrected chi connectivity index (χ1v) is 24.1. The Morgan fingerprint density at radius 2 is 1.19 bits per heavy atom. The summed E-state index contributed by atoms with van der Waals surface area (Å²) >= 11 is 0. The molecule has 1 aliphatic heterocycles. The summed E-state index contributed by atoms with van der Waals surface area (Å²) < 4.78 is 24.5. The third-order valence-corrected chi connectivity index (χ3v) is 12.3. The number of imidazole rings is 2. The highest BCUT2D eigenvalue weighted by Crippen LogP contribution is 2.33. The van der Waals surface area contributed by atoms with Crippen molar-refractivity contribution in [3.8, 4) is 11.5 Å². The second kappa shape index (κ2) is 23.5. The number of nitrogens with two attached hydrogens (primary N) is 2. The number of aromatic nitrogens is 8. The van der Waals surface area contributed by atoms with Crippen LogP contribution in [0.15, 0.2) is 60.7 Å². The van der Waals surface area contributed by atoms with Gasteiger partial charge in [-0.1, -0.05) is 24.3 Å². The summed E-state index contributed by atoms with van der Waals surface area (Å²) in [6, 6.07) is 9.51. The minimum absolute atomic E-state index is 0.127. The second-order valence-electron chi connectivity index (χ2n) is 18.0. The molecule has 0 atom stereocenters. The average molecular weight is 1000 g/mol. The molecule has 23 nitrogen and oxygen atoms in total. The van der Waals surface area contributed by atoms with Crippen molar-refractivity contribution in [2.75, 3.05) is 78.2 Å². The largest absolute Gasteiger partial charge is 0.494 e. The van der Waals surface area contributed by atoms with Gasteiger partial charge in [0.1, 0.15) is 46.6 Å². The summed E-state index contributed by atoms with van der Waals surface area (Å²) in [6.07, 6.45) is 8.56. The highest BCUT2D eigenvalue weighted by Gasteiger charge is 2.26. The fraction of sp³-hybridized carbons (Fsp3) is 0.420. The number of allylic oxidation sites excluding steroid dienone is 2. The molecule has 0 aliphatic carbocycles. The molecule has 1 saturated heterocycles. The lowest BCUT2D eigenvalue weighted by molar-refractivity contribution is 0.0340. The number of methoxy groups -OCH3 is 1. The summed E-state index contributed by atoms with van der Waals surface area (Å²) in [5.41, 5.74) is 15.5. The van der Waals surface area contributed by atoms with Crippen LogP contribution in [0.2, 0.25) is 0 Å². The lowest BCUT2D eigenvalue weighted by Crippen LogP contribution is -2.41. The number of fused-ring (bicyclic) bond motifs is 2. The van der Waals surface area contributed by atoms with Gasteiger partial charge in [-0.15, -0.1) is 0 Å². The molecule has 73 heavy (non-hydrogen) atoms. The van der Waals surface area contributed by atoms with Crippen molar-refractivity contribution in [1.29, 1.82) is 0 Å². The Bertz CT molecular complexity index is 3060. The van der Waals surface area contributed by atoms with E-state index in [1.807, 2.05) is 57.1 Å². The highest BCUT2D eigenvalue weighted by molar-refractivity contribution is 6.05. The zero-order chi connectivity index (χ0) is 52.5. The van der Waals surface area contributed by atoms with Gasteiger partial charge in [0, 0.05) is 77.1 Å². The maximum Gasteiger partial charge on any atom is 0.409 e. The van der Waals surface area contributed by atoms with Crippen LogP contribution in [0, 0.1) is 13.8 Å². The number of nitrogens with zero attached hydrogens (tertiary/aromatic N) is 11. The predicted molar refractivity (Wildman–Crippen MR) is 275 cm³/mol. The van der Waals surface area contributed by atoms with Gasteiger partial charge in [0.05, 0.1) is 29.5 Å². The van der Waals surface area contributed by atoms with Gasteiger partial charge >= 0.3 is 6.09 Å². The van der Waals surface area contributed by atoms with Gasteiger partial charge in [-0.2, -0.15) is 10.2 Å². The van der Waals surface area contributed by atoms with Gasteiger partial charge in [0.2, 0.25) is 23.7 Å². The van der Waals surface area contributed by atoms with Crippen molar-refractivity contribution in [3.63, 3.8) is 0 Å². The van der Waals surface area contributed by atoms with Crippen LogP contribution >= 0.6 is 0 Å². The van der Waals surface area contributed by atoms with Gasteiger partial charge in [0.25, 0.3) is 11.8 Å². The van der Waals surface area contributed by atoms with Crippen molar-refractivity contribution in [2.45, 2.75) is 72.8 Å². The standard InChI is InChI=1S/C50H65N15O8/c1-9-64-38(25-31(3)57-64)46(68)55-48-53-36-27-33(44(51)66)29-40(71-8)42(36)62(48)18-11-12-19-63-43-37(54-49(63)56-47(69)39-26-32(4)58-65(39)10-2)28-34(45(52)67)30-41(43)72-24-14-13-17-61-20-15-35(16-21-61)73-50(70)60(7)23-22-59(5)6/h11-14,25-30,35H,9-10,15-24H2,1-8H3,(H2,51,66)(H2,52,67)(H,53,55,68)(H,54,56,69)/b12-11+,14-13+. The van der Waals surface area contributed by atoms with Gasteiger partial charge in [-0.3, -0.25) is 44.1 Å². The number of hydrogen-bond donors (Lipinski definition) is 4. The molecule has 23 heteroatoms. The molecular formula is C50H65N15O8. The van der Waals surface area contributed by atoms with Crippen molar-refractivity contribution < 1.29 is 38.2 Å². The van der Waals surface area contributed by atoms with E-state index in [9.17, 15) is 24.0 Å². The van der Waals surface area contributed by atoms with Crippen LogP contribution in [0.4, 0.5) is 16.7 Å². The molecule has 5 heterocycles. The minimum atomic E-state index is -0.693. The minimum Gasteiger partial charge on any atom is -0.494 e. The first-order chi connectivity index (χ1) is 35.0. The molecule has 0 radical (unpaired) electrons. The van der Waals surface area contributed by atoms with E-state index in [1.54, 1.807) is 68.6 Å². The molecule has 4 aromatic heterocycles. The Balaban J connectivity index is 1.15. The molecule has 1 aliphatic rings. The van der Waals surface area contributed by atoms with Crippen molar-refractivity contribution in [1.82, 2.24) is 53.4 Å².